The third-order valence-corrected chi connectivity index (χ3v) is 3.68. The van der Waals surface area contributed by atoms with Gasteiger partial charge in [-0.1, -0.05) is 17.7 Å². The number of nitrogens with zero attached hydrogens (tertiary/aromatic N) is 3. The first-order valence-corrected chi connectivity index (χ1v) is 7.00. The van der Waals surface area contributed by atoms with E-state index in [1.807, 2.05) is 31.2 Å². The molecule has 1 aromatic carbocycles. The molecule has 1 N–H and O–H groups in total. The van der Waals surface area contributed by atoms with Gasteiger partial charge in [-0.25, -0.2) is 0 Å². The lowest BCUT2D eigenvalue weighted by atomic mass is 10.1. The van der Waals surface area contributed by atoms with E-state index in [2.05, 4.69) is 15.1 Å². The van der Waals surface area contributed by atoms with Crippen molar-refractivity contribution in [3.05, 3.63) is 35.7 Å². The predicted octanol–water partition coefficient (Wildman–Crippen LogP) is 2.00. The van der Waals surface area contributed by atoms with E-state index in [0.29, 0.717) is 18.3 Å². The van der Waals surface area contributed by atoms with Gasteiger partial charge in [0, 0.05) is 18.7 Å². The Morgan fingerprint density at radius 2 is 1.90 bits per heavy atom. The molecule has 0 bridgehead atoms. The topological polar surface area (TPSA) is 62.4 Å². The molecule has 0 aliphatic carbocycles. The monoisotopic (exact) mass is 273 g/mol. The second kappa shape index (κ2) is 5.73. The Morgan fingerprint density at radius 1 is 1.20 bits per heavy atom. The van der Waals surface area contributed by atoms with Gasteiger partial charge < -0.3 is 9.52 Å². The Kier molecular flexibility index (Phi) is 3.80. The van der Waals surface area contributed by atoms with Crippen molar-refractivity contribution in [1.29, 1.82) is 0 Å². The summed E-state index contributed by atoms with van der Waals surface area (Å²) in [5, 5.41) is 17.7. The van der Waals surface area contributed by atoms with Crippen molar-refractivity contribution in [2.75, 3.05) is 13.1 Å². The molecule has 106 valence electrons. The molecule has 1 aromatic heterocycles. The van der Waals surface area contributed by atoms with Crippen LogP contribution in [0.1, 0.15) is 24.3 Å². The number of aromatic nitrogens is 2. The van der Waals surface area contributed by atoms with Gasteiger partial charge in [0.05, 0.1) is 12.6 Å². The summed E-state index contributed by atoms with van der Waals surface area (Å²) in [6, 6.07) is 8.05. The molecule has 20 heavy (non-hydrogen) atoms. The summed E-state index contributed by atoms with van der Waals surface area (Å²) in [6.07, 6.45) is 1.48. The maximum absolute atomic E-state index is 9.49. The molecule has 1 fully saturated rings. The van der Waals surface area contributed by atoms with Gasteiger partial charge in [0.25, 0.3) is 0 Å². The lowest BCUT2D eigenvalue weighted by molar-refractivity contribution is 0.0752. The van der Waals surface area contributed by atoms with Crippen LogP contribution in [-0.4, -0.2) is 39.4 Å². The highest BCUT2D eigenvalue weighted by Crippen LogP contribution is 2.19. The Hall–Kier alpha value is -1.72. The normalized spacial score (nSPS) is 17.5. The van der Waals surface area contributed by atoms with Crippen LogP contribution >= 0.6 is 0 Å². The summed E-state index contributed by atoms with van der Waals surface area (Å²) in [5.41, 5.74) is 2.16. The number of piperidine rings is 1. The first kappa shape index (κ1) is 13.3. The van der Waals surface area contributed by atoms with Crippen molar-refractivity contribution in [1.82, 2.24) is 15.1 Å². The molecule has 2 aromatic rings. The number of rotatable bonds is 3. The van der Waals surface area contributed by atoms with Crippen LogP contribution < -0.4 is 0 Å². The summed E-state index contributed by atoms with van der Waals surface area (Å²) in [6.45, 7) is 4.46. The molecular formula is C15H19N3O2. The van der Waals surface area contributed by atoms with E-state index in [9.17, 15) is 5.11 Å². The van der Waals surface area contributed by atoms with Crippen LogP contribution in [0.4, 0.5) is 0 Å². The van der Waals surface area contributed by atoms with E-state index in [1.54, 1.807) is 0 Å². The molecule has 5 heteroatoms. The van der Waals surface area contributed by atoms with Crippen molar-refractivity contribution in [3.63, 3.8) is 0 Å². The summed E-state index contributed by atoms with van der Waals surface area (Å²) in [4.78, 5) is 2.24. The van der Waals surface area contributed by atoms with Crippen molar-refractivity contribution >= 4 is 0 Å². The van der Waals surface area contributed by atoms with Crippen LogP contribution in [0.15, 0.2) is 28.7 Å². The fraction of sp³-hybridized carbons (Fsp3) is 0.467. The number of likely N-dealkylation sites (tertiary alicyclic amines) is 1. The van der Waals surface area contributed by atoms with Crippen LogP contribution in [0, 0.1) is 6.92 Å². The number of aliphatic hydroxyl groups excluding tert-OH is 1. The van der Waals surface area contributed by atoms with Crippen molar-refractivity contribution in [2.45, 2.75) is 32.4 Å². The molecule has 1 aliphatic heterocycles. The third-order valence-electron chi connectivity index (χ3n) is 3.68. The Balaban J connectivity index is 1.66. The highest BCUT2D eigenvalue weighted by molar-refractivity contribution is 5.52. The number of aliphatic hydroxyl groups is 1. The maximum Gasteiger partial charge on any atom is 0.247 e. The molecule has 2 heterocycles. The molecule has 5 nitrogen and oxygen atoms in total. The smallest absolute Gasteiger partial charge is 0.247 e. The van der Waals surface area contributed by atoms with Gasteiger partial charge in [-0.3, -0.25) is 4.90 Å². The number of hydrogen-bond acceptors (Lipinski definition) is 5. The predicted molar refractivity (Wildman–Crippen MR) is 75.0 cm³/mol. The van der Waals surface area contributed by atoms with Crippen molar-refractivity contribution in [3.8, 4) is 11.5 Å². The van der Waals surface area contributed by atoms with Gasteiger partial charge in [0.15, 0.2) is 0 Å². The van der Waals surface area contributed by atoms with Crippen LogP contribution in [0.2, 0.25) is 0 Å². The van der Waals surface area contributed by atoms with Crippen molar-refractivity contribution in [2.24, 2.45) is 0 Å². The average Bonchev–Trinajstić information content (AvgIpc) is 2.91. The van der Waals surface area contributed by atoms with E-state index in [1.165, 1.54) is 5.56 Å². The molecule has 0 amide bonds. The Bertz CT molecular complexity index is 557. The summed E-state index contributed by atoms with van der Waals surface area (Å²) >= 11 is 0. The third kappa shape index (κ3) is 3.05. The SMILES string of the molecule is Cc1ccc(-c2nnc(CN3CCC(O)CC3)o2)cc1. The summed E-state index contributed by atoms with van der Waals surface area (Å²) in [7, 11) is 0. The first-order chi connectivity index (χ1) is 9.70. The highest BCUT2D eigenvalue weighted by Gasteiger charge is 2.19. The minimum Gasteiger partial charge on any atom is -0.419 e. The lowest BCUT2D eigenvalue weighted by Crippen LogP contribution is -2.35. The van der Waals surface area contributed by atoms with E-state index in [0.717, 1.165) is 31.5 Å². The van der Waals surface area contributed by atoms with E-state index >= 15 is 0 Å². The fourth-order valence-corrected chi connectivity index (χ4v) is 2.40. The molecule has 1 aliphatic rings. The largest absolute Gasteiger partial charge is 0.419 e. The lowest BCUT2D eigenvalue weighted by Gasteiger charge is -2.27. The molecule has 0 saturated carbocycles. The number of benzene rings is 1. The van der Waals surface area contributed by atoms with Crippen molar-refractivity contribution < 1.29 is 9.52 Å². The van der Waals surface area contributed by atoms with E-state index < -0.39 is 0 Å². The van der Waals surface area contributed by atoms with Gasteiger partial charge in [-0.2, -0.15) is 0 Å². The Labute approximate surface area is 118 Å². The number of hydrogen-bond donors (Lipinski definition) is 1. The average molecular weight is 273 g/mol. The number of aryl methyl sites for hydroxylation is 1. The molecule has 0 radical (unpaired) electrons. The van der Waals surface area contributed by atoms with Gasteiger partial charge >= 0.3 is 0 Å². The quantitative estimate of drug-likeness (QED) is 0.926. The van der Waals surface area contributed by atoms with Crippen LogP contribution in [0.3, 0.4) is 0 Å². The standard InChI is InChI=1S/C15H19N3O2/c1-11-2-4-12(5-3-11)15-17-16-14(20-15)10-18-8-6-13(19)7-9-18/h2-5,13,19H,6-10H2,1H3. The molecule has 1 saturated heterocycles. The maximum atomic E-state index is 9.49. The zero-order chi connectivity index (χ0) is 13.9. The van der Waals surface area contributed by atoms with Crippen LogP contribution in [0.25, 0.3) is 11.5 Å². The first-order valence-electron chi connectivity index (χ1n) is 7.00. The molecule has 0 unspecified atom stereocenters. The minimum atomic E-state index is -0.156. The van der Waals surface area contributed by atoms with E-state index in [-0.39, 0.29) is 6.10 Å². The fourth-order valence-electron chi connectivity index (χ4n) is 2.40. The van der Waals surface area contributed by atoms with Crippen LogP contribution in [0.5, 0.6) is 0 Å². The van der Waals surface area contributed by atoms with Gasteiger partial charge in [-0.15, -0.1) is 10.2 Å². The molecule has 3 rings (SSSR count). The zero-order valence-electron chi connectivity index (χ0n) is 11.6. The zero-order valence-corrected chi connectivity index (χ0v) is 11.6. The van der Waals surface area contributed by atoms with Gasteiger partial charge in [0.2, 0.25) is 11.8 Å². The second-order valence-electron chi connectivity index (χ2n) is 5.37. The van der Waals surface area contributed by atoms with Gasteiger partial charge in [0.1, 0.15) is 0 Å². The van der Waals surface area contributed by atoms with Gasteiger partial charge in [-0.05, 0) is 31.9 Å². The molecular weight excluding hydrogens is 254 g/mol. The van der Waals surface area contributed by atoms with E-state index in [4.69, 9.17) is 4.42 Å². The second-order valence-corrected chi connectivity index (χ2v) is 5.37. The highest BCUT2D eigenvalue weighted by atomic mass is 16.4. The minimum absolute atomic E-state index is 0.156. The Morgan fingerprint density at radius 3 is 2.60 bits per heavy atom. The summed E-state index contributed by atoms with van der Waals surface area (Å²) < 4.78 is 5.71. The van der Waals surface area contributed by atoms with Crippen LogP contribution in [-0.2, 0) is 6.54 Å². The molecule has 0 spiro atoms. The molecule has 0 atom stereocenters. The summed E-state index contributed by atoms with van der Waals surface area (Å²) in [5.74, 6) is 1.20.